The molecule has 0 bridgehead atoms. The van der Waals surface area contributed by atoms with Crippen LogP contribution in [0.4, 0.5) is 0 Å². The van der Waals surface area contributed by atoms with Gasteiger partial charge in [-0.1, -0.05) is 13.8 Å². The summed E-state index contributed by atoms with van der Waals surface area (Å²) in [5.41, 5.74) is 0. The van der Waals surface area contributed by atoms with E-state index in [-0.39, 0.29) is 11.9 Å². The summed E-state index contributed by atoms with van der Waals surface area (Å²) in [5.74, 6) is 3.04. The van der Waals surface area contributed by atoms with Gasteiger partial charge in [0, 0.05) is 17.8 Å². The van der Waals surface area contributed by atoms with Gasteiger partial charge >= 0.3 is 0 Å². The number of thioether (sulfide) groups is 1. The van der Waals surface area contributed by atoms with Gasteiger partial charge in [0.15, 0.2) is 0 Å². The number of carbonyl (C=O) groups is 1. The fourth-order valence-corrected chi connectivity index (χ4v) is 2.72. The van der Waals surface area contributed by atoms with Gasteiger partial charge in [-0.15, -0.1) is 0 Å². The Bertz CT molecular complexity index is 215. The first-order chi connectivity index (χ1) is 7.59. The normalized spacial score (nSPS) is 23.1. The predicted molar refractivity (Wildman–Crippen MR) is 70.8 cm³/mol. The average molecular weight is 244 g/mol. The third kappa shape index (κ3) is 5.21. The highest BCUT2D eigenvalue weighted by molar-refractivity contribution is 7.99. The minimum Gasteiger partial charge on any atom is -0.352 e. The molecular weight excluding hydrogens is 220 g/mol. The van der Waals surface area contributed by atoms with Gasteiger partial charge in [0.25, 0.3) is 0 Å². The van der Waals surface area contributed by atoms with E-state index in [0.717, 1.165) is 5.75 Å². The molecule has 2 N–H and O–H groups in total. The van der Waals surface area contributed by atoms with Crippen LogP contribution in [0.2, 0.25) is 0 Å². The Morgan fingerprint density at radius 1 is 1.44 bits per heavy atom. The lowest BCUT2D eigenvalue weighted by atomic mass is 10.1. The summed E-state index contributed by atoms with van der Waals surface area (Å²) < 4.78 is 0. The zero-order valence-electron chi connectivity index (χ0n) is 10.6. The first-order valence-electron chi connectivity index (χ1n) is 6.20. The van der Waals surface area contributed by atoms with Crippen LogP contribution in [0.3, 0.4) is 0 Å². The molecule has 94 valence electrons. The molecule has 1 rings (SSSR count). The first-order valence-corrected chi connectivity index (χ1v) is 7.35. The molecule has 0 radical (unpaired) electrons. The summed E-state index contributed by atoms with van der Waals surface area (Å²) in [6.07, 6.45) is 2.48. The molecule has 4 heteroatoms. The largest absolute Gasteiger partial charge is 0.352 e. The molecule has 0 aromatic rings. The second-order valence-corrected chi connectivity index (χ2v) is 6.05. The number of carbonyl (C=O) groups excluding carboxylic acids is 1. The van der Waals surface area contributed by atoms with Crippen molar-refractivity contribution in [2.75, 3.05) is 18.1 Å². The predicted octanol–water partition coefficient (Wildman–Crippen LogP) is 1.63. The van der Waals surface area contributed by atoms with E-state index in [2.05, 4.69) is 31.4 Å². The van der Waals surface area contributed by atoms with Crippen molar-refractivity contribution in [1.82, 2.24) is 10.6 Å². The summed E-state index contributed by atoms with van der Waals surface area (Å²) in [5, 5.41) is 6.34. The van der Waals surface area contributed by atoms with E-state index < -0.39 is 0 Å². The van der Waals surface area contributed by atoms with Crippen LogP contribution in [0.5, 0.6) is 0 Å². The van der Waals surface area contributed by atoms with Crippen LogP contribution in [-0.4, -0.2) is 36.0 Å². The summed E-state index contributed by atoms with van der Waals surface area (Å²) in [6, 6.07) is 0.786. The molecular formula is C12H24N2OS. The van der Waals surface area contributed by atoms with Gasteiger partial charge < -0.3 is 10.6 Å². The number of hydrogen-bond acceptors (Lipinski definition) is 3. The standard InChI is InChI=1S/C12H24N2OS/c1-9(2)10(3)14-12(15)7-13-11-5-4-6-16-8-11/h9-11,13H,4-8H2,1-3H3,(H,14,15). The van der Waals surface area contributed by atoms with Crippen molar-refractivity contribution >= 4 is 17.7 Å². The lowest BCUT2D eigenvalue weighted by Crippen LogP contribution is -2.45. The summed E-state index contributed by atoms with van der Waals surface area (Å²) in [7, 11) is 0. The molecule has 2 unspecified atom stereocenters. The van der Waals surface area contributed by atoms with Crippen LogP contribution >= 0.6 is 11.8 Å². The third-order valence-corrected chi connectivity index (χ3v) is 4.32. The zero-order valence-corrected chi connectivity index (χ0v) is 11.4. The molecule has 1 aliphatic rings. The highest BCUT2D eigenvalue weighted by Crippen LogP contribution is 2.16. The molecule has 1 fully saturated rings. The van der Waals surface area contributed by atoms with Gasteiger partial charge in [0.05, 0.1) is 6.54 Å². The first kappa shape index (κ1) is 13.8. The molecule has 0 aliphatic carbocycles. The second-order valence-electron chi connectivity index (χ2n) is 4.90. The molecule has 1 aliphatic heterocycles. The molecule has 16 heavy (non-hydrogen) atoms. The van der Waals surface area contributed by atoms with Crippen molar-refractivity contribution in [1.29, 1.82) is 0 Å². The highest BCUT2D eigenvalue weighted by Gasteiger charge is 2.15. The monoisotopic (exact) mass is 244 g/mol. The van der Waals surface area contributed by atoms with E-state index in [9.17, 15) is 4.79 Å². The van der Waals surface area contributed by atoms with Crippen molar-refractivity contribution in [2.45, 2.75) is 45.7 Å². The minimum absolute atomic E-state index is 0.122. The van der Waals surface area contributed by atoms with Crippen molar-refractivity contribution in [2.24, 2.45) is 5.92 Å². The van der Waals surface area contributed by atoms with Crippen LogP contribution < -0.4 is 10.6 Å². The molecule has 1 heterocycles. The van der Waals surface area contributed by atoms with Gasteiger partial charge in [0.1, 0.15) is 0 Å². The van der Waals surface area contributed by atoms with Crippen LogP contribution in [0.1, 0.15) is 33.6 Å². The summed E-state index contributed by atoms with van der Waals surface area (Å²) in [6.45, 7) is 6.76. The number of rotatable bonds is 5. The Labute approximate surface area is 103 Å². The van der Waals surface area contributed by atoms with Crippen molar-refractivity contribution in [3.8, 4) is 0 Å². The molecule has 1 saturated heterocycles. The Kier molecular flexibility index (Phi) is 6.21. The molecule has 0 aromatic heterocycles. The van der Waals surface area contributed by atoms with Crippen LogP contribution in [-0.2, 0) is 4.79 Å². The van der Waals surface area contributed by atoms with Crippen LogP contribution in [0.25, 0.3) is 0 Å². The highest BCUT2D eigenvalue weighted by atomic mass is 32.2. The van der Waals surface area contributed by atoms with Gasteiger partial charge in [0.2, 0.25) is 5.91 Å². The maximum absolute atomic E-state index is 11.6. The molecule has 1 amide bonds. The van der Waals surface area contributed by atoms with Gasteiger partial charge in [-0.25, -0.2) is 0 Å². The quantitative estimate of drug-likeness (QED) is 0.772. The second kappa shape index (κ2) is 7.17. The molecule has 2 atom stereocenters. The lowest BCUT2D eigenvalue weighted by molar-refractivity contribution is -0.121. The molecule has 0 spiro atoms. The van der Waals surface area contributed by atoms with Crippen molar-refractivity contribution < 1.29 is 4.79 Å². The molecule has 0 aromatic carbocycles. The van der Waals surface area contributed by atoms with Gasteiger partial charge in [-0.2, -0.15) is 11.8 Å². The Balaban J connectivity index is 2.14. The maximum Gasteiger partial charge on any atom is 0.234 e. The lowest BCUT2D eigenvalue weighted by Gasteiger charge is -2.23. The number of hydrogen-bond donors (Lipinski definition) is 2. The van der Waals surface area contributed by atoms with Crippen molar-refractivity contribution in [3.05, 3.63) is 0 Å². The SMILES string of the molecule is CC(C)C(C)NC(=O)CNC1CCCSC1. The van der Waals surface area contributed by atoms with E-state index in [1.54, 1.807) is 0 Å². The van der Waals surface area contributed by atoms with E-state index in [4.69, 9.17) is 0 Å². The molecule has 3 nitrogen and oxygen atoms in total. The number of amides is 1. The maximum atomic E-state index is 11.6. The average Bonchev–Trinajstić information content (AvgIpc) is 2.27. The smallest absolute Gasteiger partial charge is 0.234 e. The van der Waals surface area contributed by atoms with Crippen molar-refractivity contribution in [3.63, 3.8) is 0 Å². The molecule has 0 saturated carbocycles. The third-order valence-electron chi connectivity index (χ3n) is 3.10. The van der Waals surface area contributed by atoms with E-state index >= 15 is 0 Å². The summed E-state index contributed by atoms with van der Waals surface area (Å²) in [4.78, 5) is 11.6. The topological polar surface area (TPSA) is 41.1 Å². The minimum atomic E-state index is 0.122. The zero-order chi connectivity index (χ0) is 12.0. The van der Waals surface area contributed by atoms with Gasteiger partial charge in [-0.3, -0.25) is 4.79 Å². The van der Waals surface area contributed by atoms with Crippen LogP contribution in [0.15, 0.2) is 0 Å². The summed E-state index contributed by atoms with van der Waals surface area (Å²) >= 11 is 1.98. The van der Waals surface area contributed by atoms with Gasteiger partial charge in [-0.05, 0) is 31.4 Å². The fraction of sp³-hybridized carbons (Fsp3) is 0.917. The Hall–Kier alpha value is -0.220. The fourth-order valence-electron chi connectivity index (χ4n) is 1.61. The Morgan fingerprint density at radius 3 is 2.75 bits per heavy atom. The number of nitrogens with one attached hydrogen (secondary N) is 2. The van der Waals surface area contributed by atoms with E-state index in [1.807, 2.05) is 11.8 Å². The van der Waals surface area contributed by atoms with E-state index in [1.165, 1.54) is 18.6 Å². The van der Waals surface area contributed by atoms with Crippen LogP contribution in [0, 0.1) is 5.92 Å². The van der Waals surface area contributed by atoms with E-state index in [0.29, 0.717) is 18.5 Å². The Morgan fingerprint density at radius 2 is 2.19 bits per heavy atom.